The number of nitrogens with zero attached hydrogens (tertiary/aromatic N) is 3. The summed E-state index contributed by atoms with van der Waals surface area (Å²) in [5.41, 5.74) is 2.40. The number of nitrogens with one attached hydrogen (secondary N) is 1. The number of ether oxygens (including phenoxy) is 1. The van der Waals surface area contributed by atoms with E-state index in [1.807, 2.05) is 36.5 Å². The van der Waals surface area contributed by atoms with Gasteiger partial charge in [-0.1, -0.05) is 32.9 Å². The third-order valence-corrected chi connectivity index (χ3v) is 3.93. The number of hydrogen-bond acceptors (Lipinski definition) is 4. The molecule has 0 atom stereocenters. The van der Waals surface area contributed by atoms with E-state index in [0.29, 0.717) is 5.82 Å². The van der Waals surface area contributed by atoms with Crippen molar-refractivity contribution in [2.24, 2.45) is 0 Å². The number of aromatic nitrogens is 3. The Balaban J connectivity index is 1.85. The molecule has 1 aromatic carbocycles. The number of amides is 1. The van der Waals surface area contributed by atoms with Crippen molar-refractivity contribution in [1.82, 2.24) is 14.6 Å². The van der Waals surface area contributed by atoms with Crippen LogP contribution in [0.25, 0.3) is 5.65 Å². The second-order valence-electron chi connectivity index (χ2n) is 6.93. The van der Waals surface area contributed by atoms with E-state index in [2.05, 4.69) is 36.2 Å². The molecule has 0 bridgehead atoms. The first-order valence-electron chi connectivity index (χ1n) is 8.15. The number of carbonyl (C=O) groups is 1. The standard InChI is InChI=1S/C19H22N4O2/c1-19(2,3)16-17(22-23-11-5-10-20-18(16)23)21-15(24)12-13-6-8-14(25-4)9-7-13/h5-11H,12H2,1-4H3,(H,21,22,24). The zero-order chi connectivity index (χ0) is 18.0. The summed E-state index contributed by atoms with van der Waals surface area (Å²) in [6.07, 6.45) is 3.83. The highest BCUT2D eigenvalue weighted by Gasteiger charge is 2.26. The van der Waals surface area contributed by atoms with Gasteiger partial charge in [-0.3, -0.25) is 4.79 Å². The Labute approximate surface area is 146 Å². The van der Waals surface area contributed by atoms with Gasteiger partial charge in [-0.05, 0) is 29.2 Å². The summed E-state index contributed by atoms with van der Waals surface area (Å²) in [5.74, 6) is 1.22. The van der Waals surface area contributed by atoms with Crippen LogP contribution in [0.4, 0.5) is 5.82 Å². The van der Waals surface area contributed by atoms with Crippen LogP contribution in [-0.4, -0.2) is 27.6 Å². The van der Waals surface area contributed by atoms with Gasteiger partial charge in [-0.2, -0.15) is 0 Å². The number of anilines is 1. The van der Waals surface area contributed by atoms with Crippen molar-refractivity contribution in [2.75, 3.05) is 12.4 Å². The van der Waals surface area contributed by atoms with E-state index in [9.17, 15) is 4.79 Å². The van der Waals surface area contributed by atoms with E-state index < -0.39 is 0 Å². The molecule has 25 heavy (non-hydrogen) atoms. The van der Waals surface area contributed by atoms with E-state index in [1.54, 1.807) is 17.8 Å². The number of benzene rings is 1. The lowest BCUT2D eigenvalue weighted by Crippen LogP contribution is -2.19. The first-order valence-corrected chi connectivity index (χ1v) is 8.15. The van der Waals surface area contributed by atoms with Crippen LogP contribution in [0.15, 0.2) is 42.7 Å². The monoisotopic (exact) mass is 338 g/mol. The third-order valence-electron chi connectivity index (χ3n) is 3.93. The van der Waals surface area contributed by atoms with Gasteiger partial charge in [-0.15, -0.1) is 5.10 Å². The van der Waals surface area contributed by atoms with E-state index in [-0.39, 0.29) is 17.7 Å². The molecular formula is C19H22N4O2. The molecular weight excluding hydrogens is 316 g/mol. The molecule has 1 amide bonds. The van der Waals surface area contributed by atoms with Crippen molar-refractivity contribution in [1.29, 1.82) is 0 Å². The molecule has 3 aromatic rings. The fraction of sp³-hybridized carbons (Fsp3) is 0.316. The first-order chi connectivity index (χ1) is 11.9. The summed E-state index contributed by atoms with van der Waals surface area (Å²) in [5, 5.41) is 7.43. The summed E-state index contributed by atoms with van der Waals surface area (Å²) < 4.78 is 6.83. The fourth-order valence-corrected chi connectivity index (χ4v) is 2.77. The summed E-state index contributed by atoms with van der Waals surface area (Å²) in [7, 11) is 1.62. The summed E-state index contributed by atoms with van der Waals surface area (Å²) in [6.45, 7) is 6.24. The largest absolute Gasteiger partial charge is 0.497 e. The highest BCUT2D eigenvalue weighted by Crippen LogP contribution is 2.32. The van der Waals surface area contributed by atoms with Crippen LogP contribution in [0.5, 0.6) is 5.75 Å². The molecule has 0 saturated carbocycles. The summed E-state index contributed by atoms with van der Waals surface area (Å²) in [6, 6.07) is 9.27. The van der Waals surface area contributed by atoms with E-state index in [1.165, 1.54) is 0 Å². The van der Waals surface area contributed by atoms with Crippen molar-refractivity contribution in [2.45, 2.75) is 32.6 Å². The minimum Gasteiger partial charge on any atom is -0.497 e. The van der Waals surface area contributed by atoms with Gasteiger partial charge in [0, 0.05) is 18.0 Å². The van der Waals surface area contributed by atoms with Gasteiger partial charge < -0.3 is 10.1 Å². The molecule has 130 valence electrons. The summed E-state index contributed by atoms with van der Waals surface area (Å²) in [4.78, 5) is 16.9. The Morgan fingerprint density at radius 3 is 2.60 bits per heavy atom. The molecule has 0 radical (unpaired) electrons. The normalized spacial score (nSPS) is 11.5. The number of hydrogen-bond donors (Lipinski definition) is 1. The molecule has 6 nitrogen and oxygen atoms in total. The molecule has 1 N–H and O–H groups in total. The maximum Gasteiger partial charge on any atom is 0.230 e. The predicted molar refractivity (Wildman–Crippen MR) is 97.0 cm³/mol. The van der Waals surface area contributed by atoms with Crippen LogP contribution in [0.2, 0.25) is 0 Å². The molecule has 3 rings (SSSR count). The van der Waals surface area contributed by atoms with Gasteiger partial charge in [0.1, 0.15) is 5.75 Å². The molecule has 0 aliphatic rings. The van der Waals surface area contributed by atoms with Crippen LogP contribution in [0.3, 0.4) is 0 Å². The Morgan fingerprint density at radius 2 is 1.96 bits per heavy atom. The number of rotatable bonds is 4. The first kappa shape index (κ1) is 17.0. The van der Waals surface area contributed by atoms with Crippen LogP contribution in [-0.2, 0) is 16.6 Å². The van der Waals surface area contributed by atoms with Crippen LogP contribution < -0.4 is 10.1 Å². The van der Waals surface area contributed by atoms with E-state index in [0.717, 1.165) is 22.5 Å². The van der Waals surface area contributed by atoms with Crippen LogP contribution >= 0.6 is 0 Å². The Hall–Kier alpha value is -2.89. The molecule has 0 spiro atoms. The molecule has 0 fully saturated rings. The molecule has 0 unspecified atom stereocenters. The van der Waals surface area contributed by atoms with E-state index in [4.69, 9.17) is 4.74 Å². The van der Waals surface area contributed by atoms with Crippen LogP contribution in [0, 0.1) is 0 Å². The number of methoxy groups -OCH3 is 1. The van der Waals surface area contributed by atoms with Crippen molar-refractivity contribution < 1.29 is 9.53 Å². The molecule has 0 aliphatic carbocycles. The zero-order valence-electron chi connectivity index (χ0n) is 14.9. The lowest BCUT2D eigenvalue weighted by molar-refractivity contribution is -0.115. The molecule has 2 aromatic heterocycles. The third kappa shape index (κ3) is 3.63. The minimum absolute atomic E-state index is 0.112. The van der Waals surface area contributed by atoms with Crippen molar-refractivity contribution in [3.05, 3.63) is 53.9 Å². The fourth-order valence-electron chi connectivity index (χ4n) is 2.77. The van der Waals surface area contributed by atoms with Crippen molar-refractivity contribution in [3.63, 3.8) is 0 Å². The Bertz CT molecular complexity index is 892. The van der Waals surface area contributed by atoms with Gasteiger partial charge in [0.25, 0.3) is 0 Å². The average molecular weight is 338 g/mol. The molecule has 0 saturated heterocycles. The van der Waals surface area contributed by atoms with Gasteiger partial charge >= 0.3 is 0 Å². The average Bonchev–Trinajstić information content (AvgIpc) is 2.93. The van der Waals surface area contributed by atoms with Gasteiger partial charge in [0.15, 0.2) is 11.5 Å². The molecule has 2 heterocycles. The van der Waals surface area contributed by atoms with E-state index >= 15 is 0 Å². The lowest BCUT2D eigenvalue weighted by Gasteiger charge is -2.18. The second kappa shape index (κ2) is 6.55. The SMILES string of the molecule is COc1ccc(CC(=O)Nc2nn3cccnc3c2C(C)(C)C)cc1. The Kier molecular flexibility index (Phi) is 4.44. The van der Waals surface area contributed by atoms with Gasteiger partial charge in [-0.25, -0.2) is 9.50 Å². The second-order valence-corrected chi connectivity index (χ2v) is 6.93. The quantitative estimate of drug-likeness (QED) is 0.793. The minimum atomic E-state index is -0.196. The highest BCUT2D eigenvalue weighted by atomic mass is 16.5. The molecule has 6 heteroatoms. The zero-order valence-corrected chi connectivity index (χ0v) is 14.9. The topological polar surface area (TPSA) is 68.5 Å². The number of fused-ring (bicyclic) bond motifs is 1. The maximum atomic E-state index is 12.5. The lowest BCUT2D eigenvalue weighted by atomic mass is 9.88. The van der Waals surface area contributed by atoms with Crippen molar-refractivity contribution >= 4 is 17.4 Å². The van der Waals surface area contributed by atoms with Gasteiger partial charge in [0.05, 0.1) is 13.5 Å². The van der Waals surface area contributed by atoms with Gasteiger partial charge in [0.2, 0.25) is 5.91 Å². The predicted octanol–water partition coefficient (Wildman–Crippen LogP) is 3.22. The summed E-state index contributed by atoms with van der Waals surface area (Å²) >= 11 is 0. The molecule has 0 aliphatic heterocycles. The van der Waals surface area contributed by atoms with Crippen LogP contribution in [0.1, 0.15) is 31.9 Å². The Morgan fingerprint density at radius 1 is 1.24 bits per heavy atom. The van der Waals surface area contributed by atoms with Crippen molar-refractivity contribution in [3.8, 4) is 5.75 Å². The highest BCUT2D eigenvalue weighted by molar-refractivity contribution is 5.93. The maximum absolute atomic E-state index is 12.5. The number of carbonyl (C=O) groups excluding carboxylic acids is 1. The smallest absolute Gasteiger partial charge is 0.230 e.